The van der Waals surface area contributed by atoms with E-state index >= 15 is 0 Å². The van der Waals surface area contributed by atoms with Crippen LogP contribution in [0.4, 0.5) is 0 Å². The van der Waals surface area contributed by atoms with E-state index in [2.05, 4.69) is 45.5 Å². The minimum Gasteiger partial charge on any atom is -0.490 e. The summed E-state index contributed by atoms with van der Waals surface area (Å²) >= 11 is 3.54. The average molecular weight is 435 g/mol. The van der Waals surface area contributed by atoms with Gasteiger partial charge in [0.05, 0.1) is 11.1 Å². The molecule has 0 aliphatic carbocycles. The highest BCUT2D eigenvalue weighted by molar-refractivity contribution is 9.10. The first-order chi connectivity index (χ1) is 13.0. The van der Waals surface area contributed by atoms with E-state index in [-0.39, 0.29) is 12.5 Å². The molecule has 0 radical (unpaired) electrons. The number of amides is 1. The van der Waals surface area contributed by atoms with Gasteiger partial charge in [0.1, 0.15) is 0 Å². The molecule has 1 N–H and O–H groups in total. The quantitative estimate of drug-likeness (QED) is 0.579. The molecule has 146 valence electrons. The highest BCUT2D eigenvalue weighted by Gasteiger charge is 2.14. The normalized spacial score (nSPS) is 10.5. The molecule has 6 heteroatoms. The maximum absolute atomic E-state index is 11.8. The summed E-state index contributed by atoms with van der Waals surface area (Å²) in [6.45, 7) is 4.03. The molecule has 0 aromatic heterocycles. The topological polar surface area (TPSA) is 50.8 Å². The number of nitrogens with zero attached hydrogens (tertiary/aromatic N) is 1. The Morgan fingerprint density at radius 2 is 1.85 bits per heavy atom. The summed E-state index contributed by atoms with van der Waals surface area (Å²) in [4.78, 5) is 13.3. The van der Waals surface area contributed by atoms with Gasteiger partial charge < -0.3 is 19.7 Å². The Balaban J connectivity index is 1.97. The molecule has 0 saturated heterocycles. The van der Waals surface area contributed by atoms with Gasteiger partial charge in [0.25, 0.3) is 5.91 Å². The Hall–Kier alpha value is -2.05. The van der Waals surface area contributed by atoms with Crippen LogP contribution in [0.5, 0.6) is 11.5 Å². The standard InChI is InChI=1S/C21H27BrN2O3/c1-4-26-19-13-17(14-23-11-10-16-8-6-5-7-9-16)12-18(22)21(19)27-15-20(25)24(2)3/h5-9,12-13,23H,4,10-11,14-15H2,1-3H3. The Kier molecular flexibility index (Phi) is 8.61. The van der Waals surface area contributed by atoms with Crippen molar-refractivity contribution in [2.45, 2.75) is 19.9 Å². The maximum atomic E-state index is 11.8. The van der Waals surface area contributed by atoms with Crippen LogP contribution in [0.15, 0.2) is 46.9 Å². The molecule has 5 nitrogen and oxygen atoms in total. The van der Waals surface area contributed by atoms with E-state index in [4.69, 9.17) is 9.47 Å². The first kappa shape index (κ1) is 21.3. The van der Waals surface area contributed by atoms with Crippen molar-refractivity contribution in [3.8, 4) is 11.5 Å². The monoisotopic (exact) mass is 434 g/mol. The van der Waals surface area contributed by atoms with Crippen LogP contribution in [0, 0.1) is 0 Å². The molecular formula is C21H27BrN2O3. The third-order valence-corrected chi connectivity index (χ3v) is 4.56. The van der Waals surface area contributed by atoms with Gasteiger partial charge in [0.15, 0.2) is 18.1 Å². The van der Waals surface area contributed by atoms with Crippen LogP contribution in [0.25, 0.3) is 0 Å². The molecule has 0 spiro atoms. The van der Waals surface area contributed by atoms with Crippen LogP contribution < -0.4 is 14.8 Å². The van der Waals surface area contributed by atoms with E-state index < -0.39 is 0 Å². The largest absolute Gasteiger partial charge is 0.490 e. The van der Waals surface area contributed by atoms with E-state index in [1.54, 1.807) is 14.1 Å². The van der Waals surface area contributed by atoms with E-state index in [9.17, 15) is 4.79 Å². The molecule has 0 aliphatic heterocycles. The van der Waals surface area contributed by atoms with Crippen LogP contribution in [-0.4, -0.2) is 44.7 Å². The van der Waals surface area contributed by atoms with Crippen LogP contribution in [0.2, 0.25) is 0 Å². The number of carbonyl (C=O) groups is 1. The van der Waals surface area contributed by atoms with Gasteiger partial charge in [0.2, 0.25) is 0 Å². The molecular weight excluding hydrogens is 408 g/mol. The smallest absolute Gasteiger partial charge is 0.259 e. The van der Waals surface area contributed by atoms with Crippen molar-refractivity contribution in [3.05, 3.63) is 58.1 Å². The highest BCUT2D eigenvalue weighted by atomic mass is 79.9. The first-order valence-corrected chi connectivity index (χ1v) is 9.83. The van der Waals surface area contributed by atoms with Crippen LogP contribution in [-0.2, 0) is 17.8 Å². The summed E-state index contributed by atoms with van der Waals surface area (Å²) < 4.78 is 12.2. The van der Waals surface area contributed by atoms with Gasteiger partial charge in [-0.25, -0.2) is 0 Å². The summed E-state index contributed by atoms with van der Waals surface area (Å²) in [6, 6.07) is 14.4. The molecule has 27 heavy (non-hydrogen) atoms. The zero-order valence-electron chi connectivity index (χ0n) is 16.1. The molecule has 0 fully saturated rings. The Morgan fingerprint density at radius 3 is 2.52 bits per heavy atom. The predicted octanol–water partition coefficient (Wildman–Crippen LogP) is 3.65. The fourth-order valence-electron chi connectivity index (χ4n) is 2.50. The van der Waals surface area contributed by atoms with Crippen LogP contribution in [0.1, 0.15) is 18.1 Å². The van der Waals surface area contributed by atoms with Gasteiger partial charge in [0, 0.05) is 20.6 Å². The lowest BCUT2D eigenvalue weighted by molar-refractivity contribution is -0.130. The zero-order chi connectivity index (χ0) is 19.6. The summed E-state index contributed by atoms with van der Waals surface area (Å²) in [6.07, 6.45) is 0.980. The Morgan fingerprint density at radius 1 is 1.11 bits per heavy atom. The number of hydrogen-bond donors (Lipinski definition) is 1. The fourth-order valence-corrected chi connectivity index (χ4v) is 3.10. The van der Waals surface area contributed by atoms with Crippen LogP contribution in [0.3, 0.4) is 0 Å². The van der Waals surface area contributed by atoms with E-state index in [0.29, 0.717) is 18.1 Å². The van der Waals surface area contributed by atoms with Gasteiger partial charge in [-0.2, -0.15) is 0 Å². The average Bonchev–Trinajstić information content (AvgIpc) is 2.65. The fraction of sp³-hybridized carbons (Fsp3) is 0.381. The number of halogens is 1. The van der Waals surface area contributed by atoms with Gasteiger partial charge in [-0.1, -0.05) is 30.3 Å². The Labute approximate surface area is 169 Å². The maximum Gasteiger partial charge on any atom is 0.259 e. The molecule has 2 rings (SSSR count). The van der Waals surface area contributed by atoms with Crippen molar-refractivity contribution >= 4 is 21.8 Å². The summed E-state index contributed by atoms with van der Waals surface area (Å²) in [7, 11) is 3.41. The second-order valence-electron chi connectivity index (χ2n) is 6.33. The molecule has 0 bridgehead atoms. The number of rotatable bonds is 10. The zero-order valence-corrected chi connectivity index (χ0v) is 17.7. The Bertz CT molecular complexity index is 736. The first-order valence-electron chi connectivity index (χ1n) is 9.04. The number of likely N-dealkylation sites (N-methyl/N-ethyl adjacent to an activating group) is 1. The van der Waals surface area contributed by atoms with Crippen molar-refractivity contribution in [1.29, 1.82) is 0 Å². The third-order valence-electron chi connectivity index (χ3n) is 3.97. The second kappa shape index (κ2) is 10.9. The molecule has 1 amide bonds. The molecule has 0 atom stereocenters. The van der Waals surface area contributed by atoms with E-state index in [1.165, 1.54) is 10.5 Å². The number of carbonyl (C=O) groups excluding carboxylic acids is 1. The van der Waals surface area contributed by atoms with Crippen molar-refractivity contribution in [3.63, 3.8) is 0 Å². The lowest BCUT2D eigenvalue weighted by Crippen LogP contribution is -2.27. The van der Waals surface area contributed by atoms with E-state index in [1.807, 2.05) is 25.1 Å². The highest BCUT2D eigenvalue weighted by Crippen LogP contribution is 2.37. The molecule has 0 aliphatic rings. The van der Waals surface area contributed by atoms with Gasteiger partial charge in [-0.05, 0) is 59.1 Å². The predicted molar refractivity (Wildman–Crippen MR) is 111 cm³/mol. The summed E-state index contributed by atoms with van der Waals surface area (Å²) in [5.74, 6) is 1.09. The second-order valence-corrected chi connectivity index (χ2v) is 7.18. The molecule has 2 aromatic carbocycles. The third kappa shape index (κ3) is 6.88. The summed E-state index contributed by atoms with van der Waals surface area (Å²) in [5, 5.41) is 3.45. The van der Waals surface area contributed by atoms with Gasteiger partial charge in [-0.3, -0.25) is 4.79 Å². The minimum absolute atomic E-state index is 0.0274. The van der Waals surface area contributed by atoms with Crippen LogP contribution >= 0.6 is 15.9 Å². The van der Waals surface area contributed by atoms with Crippen molar-refractivity contribution in [2.75, 3.05) is 33.9 Å². The SMILES string of the molecule is CCOc1cc(CNCCc2ccccc2)cc(Br)c1OCC(=O)N(C)C. The van der Waals surface area contributed by atoms with Gasteiger partial charge in [-0.15, -0.1) is 0 Å². The van der Waals surface area contributed by atoms with E-state index in [0.717, 1.165) is 29.5 Å². The lowest BCUT2D eigenvalue weighted by Gasteiger charge is -2.17. The lowest BCUT2D eigenvalue weighted by atomic mass is 10.1. The van der Waals surface area contributed by atoms with Crippen molar-refractivity contribution in [1.82, 2.24) is 10.2 Å². The molecule has 0 heterocycles. The van der Waals surface area contributed by atoms with Crippen molar-refractivity contribution in [2.24, 2.45) is 0 Å². The van der Waals surface area contributed by atoms with Gasteiger partial charge >= 0.3 is 0 Å². The number of hydrogen-bond acceptors (Lipinski definition) is 4. The minimum atomic E-state index is -0.101. The molecule has 0 saturated carbocycles. The molecule has 2 aromatic rings. The number of benzene rings is 2. The number of nitrogens with one attached hydrogen (secondary N) is 1. The molecule has 0 unspecified atom stereocenters. The number of ether oxygens (including phenoxy) is 2. The summed E-state index contributed by atoms with van der Waals surface area (Å²) in [5.41, 5.74) is 2.40. The van der Waals surface area contributed by atoms with Crippen molar-refractivity contribution < 1.29 is 14.3 Å².